The van der Waals surface area contributed by atoms with E-state index in [0.29, 0.717) is 18.3 Å². The van der Waals surface area contributed by atoms with Crippen LogP contribution in [0.4, 0.5) is 4.79 Å². The largest absolute Gasteiger partial charge is 0.444 e. The van der Waals surface area contributed by atoms with Gasteiger partial charge in [0.05, 0.1) is 0 Å². The Morgan fingerprint density at radius 3 is 1.96 bits per heavy atom. The highest BCUT2D eigenvalue weighted by Crippen LogP contribution is 2.19. The van der Waals surface area contributed by atoms with Gasteiger partial charge in [-0.3, -0.25) is 9.20 Å². The third kappa shape index (κ3) is 11.4. The molecule has 0 aromatic carbocycles. The molecule has 0 aromatic heterocycles. The van der Waals surface area contributed by atoms with E-state index in [9.17, 15) is 9.00 Å². The third-order valence-corrected chi connectivity index (χ3v) is 6.22. The lowest BCUT2D eigenvalue weighted by molar-refractivity contribution is 0.0490. The quantitative estimate of drug-likeness (QED) is 0.289. The second-order valence-corrected chi connectivity index (χ2v) is 11.3. The fourth-order valence-electron chi connectivity index (χ4n) is 2.81. The maximum atomic E-state index is 12.1. The van der Waals surface area contributed by atoms with Crippen molar-refractivity contribution in [3.8, 4) is 0 Å². The number of guanidine groups is 1. The zero-order valence-electron chi connectivity index (χ0n) is 18.4. The van der Waals surface area contributed by atoms with Crippen LogP contribution in [0, 0.1) is 0 Å². The number of rotatable bonds is 5. The number of ether oxygens (including phenoxy) is 1. The summed E-state index contributed by atoms with van der Waals surface area (Å²) in [4.78, 5) is 16.1. The van der Waals surface area contributed by atoms with Gasteiger partial charge in [-0.25, -0.2) is 4.79 Å². The Morgan fingerprint density at radius 2 is 1.54 bits per heavy atom. The molecule has 1 aliphatic carbocycles. The van der Waals surface area contributed by atoms with Crippen LogP contribution in [0.2, 0.25) is 0 Å². The van der Waals surface area contributed by atoms with Crippen LogP contribution in [-0.2, 0) is 15.5 Å². The molecular weight excluding hydrogens is 491 g/mol. The summed E-state index contributed by atoms with van der Waals surface area (Å²) < 4.78 is 17.2. The Balaban J connectivity index is 0.00000729. The number of carbonyl (C=O) groups is 1. The summed E-state index contributed by atoms with van der Waals surface area (Å²) in [7, 11) is 0.864. The lowest BCUT2D eigenvalue weighted by atomic mass is 9.91. The number of halogens is 1. The van der Waals surface area contributed by atoms with Crippen LogP contribution in [0.3, 0.4) is 0 Å². The van der Waals surface area contributed by atoms with E-state index < -0.39 is 16.4 Å². The smallest absolute Gasteiger partial charge is 0.407 e. The molecule has 0 spiro atoms. The average molecular weight is 531 g/mol. The normalized spacial score (nSPS) is 21.9. The summed E-state index contributed by atoms with van der Waals surface area (Å²) in [6.45, 7) is 12.2. The van der Waals surface area contributed by atoms with Gasteiger partial charge in [-0.2, -0.15) is 0 Å². The number of nitrogens with one attached hydrogen (secondary N) is 3. The maximum absolute atomic E-state index is 12.1. The lowest BCUT2D eigenvalue weighted by Gasteiger charge is -2.31. The fourth-order valence-corrected chi connectivity index (χ4v) is 3.71. The van der Waals surface area contributed by atoms with E-state index in [0.717, 1.165) is 31.6 Å². The molecule has 0 bridgehead atoms. The number of nitrogens with zero attached hydrogens (tertiary/aromatic N) is 1. The molecule has 0 aromatic rings. The molecule has 1 rings (SSSR count). The van der Waals surface area contributed by atoms with Crippen molar-refractivity contribution in [2.24, 2.45) is 4.99 Å². The Morgan fingerprint density at radius 1 is 1.04 bits per heavy atom. The molecule has 1 aliphatic rings. The minimum atomic E-state index is -0.878. The second-order valence-electron chi connectivity index (χ2n) is 9.00. The first kappa shape index (κ1) is 27.4. The van der Waals surface area contributed by atoms with Gasteiger partial charge in [0.2, 0.25) is 0 Å². The lowest BCUT2D eigenvalue weighted by Crippen LogP contribution is -2.48. The molecule has 0 radical (unpaired) electrons. The molecule has 166 valence electrons. The van der Waals surface area contributed by atoms with Gasteiger partial charge in [0.15, 0.2) is 5.96 Å². The highest BCUT2D eigenvalue weighted by atomic mass is 127. The van der Waals surface area contributed by atoms with Gasteiger partial charge in [0.1, 0.15) is 5.60 Å². The molecule has 0 heterocycles. The minimum Gasteiger partial charge on any atom is -0.444 e. The Labute approximate surface area is 190 Å². The van der Waals surface area contributed by atoms with E-state index in [1.165, 1.54) is 0 Å². The Hall–Kier alpha value is -0.580. The first-order valence-corrected chi connectivity index (χ1v) is 11.1. The summed E-state index contributed by atoms with van der Waals surface area (Å²) >= 11 is 0. The van der Waals surface area contributed by atoms with Crippen molar-refractivity contribution < 1.29 is 13.7 Å². The summed E-state index contributed by atoms with van der Waals surface area (Å²) in [5.41, 5.74) is -0.475. The Bertz CT molecular complexity index is 536. The molecule has 0 saturated heterocycles. The molecule has 9 heteroatoms. The predicted octanol–water partition coefficient (Wildman–Crippen LogP) is 3.15. The summed E-state index contributed by atoms with van der Waals surface area (Å²) in [5.74, 6) is 1.33. The van der Waals surface area contributed by atoms with E-state index in [1.54, 1.807) is 7.05 Å². The minimum absolute atomic E-state index is 0. The van der Waals surface area contributed by atoms with Gasteiger partial charge in [-0.1, -0.05) is 0 Å². The van der Waals surface area contributed by atoms with E-state index >= 15 is 0 Å². The zero-order chi connectivity index (χ0) is 20.7. The van der Waals surface area contributed by atoms with Gasteiger partial charge in [0.25, 0.3) is 0 Å². The third-order valence-electron chi connectivity index (χ3n) is 4.28. The van der Waals surface area contributed by atoms with Crippen molar-refractivity contribution in [2.75, 3.05) is 19.3 Å². The van der Waals surface area contributed by atoms with Crippen molar-refractivity contribution in [3.05, 3.63) is 0 Å². The number of amides is 1. The SMILES string of the molecule is CN=C(NCCS(=O)C(C)(C)C)NC1CCC(NC(=O)OC(C)(C)C)CC1.I. The summed E-state index contributed by atoms with van der Waals surface area (Å²) in [6, 6.07) is 0.475. The number of alkyl carbamates (subject to hydrolysis) is 1. The van der Waals surface area contributed by atoms with Crippen molar-refractivity contribution in [3.63, 3.8) is 0 Å². The molecule has 0 aliphatic heterocycles. The molecule has 7 nitrogen and oxygen atoms in total. The van der Waals surface area contributed by atoms with Crippen molar-refractivity contribution in [2.45, 2.75) is 89.7 Å². The van der Waals surface area contributed by atoms with Gasteiger partial charge in [0, 0.05) is 47.0 Å². The van der Waals surface area contributed by atoms with Gasteiger partial charge >= 0.3 is 6.09 Å². The molecule has 1 amide bonds. The number of carbonyl (C=O) groups excluding carboxylic acids is 1. The number of hydrogen-bond donors (Lipinski definition) is 3. The average Bonchev–Trinajstić information content (AvgIpc) is 2.52. The zero-order valence-corrected chi connectivity index (χ0v) is 21.5. The number of hydrogen-bond acceptors (Lipinski definition) is 4. The monoisotopic (exact) mass is 530 g/mol. The van der Waals surface area contributed by atoms with E-state index in [-0.39, 0.29) is 40.9 Å². The predicted molar refractivity (Wildman–Crippen MR) is 128 cm³/mol. The molecular formula is C19H39IN4O3S. The van der Waals surface area contributed by atoms with Gasteiger partial charge < -0.3 is 20.7 Å². The topological polar surface area (TPSA) is 91.8 Å². The van der Waals surface area contributed by atoms with Crippen molar-refractivity contribution >= 4 is 46.8 Å². The van der Waals surface area contributed by atoms with Crippen LogP contribution in [0.5, 0.6) is 0 Å². The standard InChI is InChI=1S/C19H38N4O3S.HI/c1-18(2,3)26-17(24)23-15-10-8-14(9-11-15)22-16(20-7)21-12-13-27(25)19(4,5)6;/h14-15H,8-13H2,1-7H3,(H,23,24)(H2,20,21,22);1H. The first-order valence-electron chi connectivity index (χ1n) is 9.76. The second kappa shape index (κ2) is 12.2. The number of aliphatic imine (C=N–C) groups is 1. The van der Waals surface area contributed by atoms with E-state index in [2.05, 4.69) is 20.9 Å². The highest BCUT2D eigenvalue weighted by Gasteiger charge is 2.25. The van der Waals surface area contributed by atoms with Crippen LogP contribution in [-0.4, -0.2) is 58.0 Å². The molecule has 1 atom stereocenters. The highest BCUT2D eigenvalue weighted by molar-refractivity contribution is 14.0. The van der Waals surface area contributed by atoms with Crippen molar-refractivity contribution in [1.29, 1.82) is 0 Å². The van der Waals surface area contributed by atoms with Gasteiger partial charge in [-0.15, -0.1) is 24.0 Å². The Kier molecular flexibility index (Phi) is 11.9. The van der Waals surface area contributed by atoms with Crippen LogP contribution in [0.15, 0.2) is 4.99 Å². The molecule has 28 heavy (non-hydrogen) atoms. The van der Waals surface area contributed by atoms with Gasteiger partial charge in [-0.05, 0) is 67.2 Å². The summed E-state index contributed by atoms with van der Waals surface area (Å²) in [5, 5.41) is 9.63. The molecule has 1 unspecified atom stereocenters. The molecule has 1 fully saturated rings. The van der Waals surface area contributed by atoms with Crippen LogP contribution >= 0.6 is 24.0 Å². The maximum Gasteiger partial charge on any atom is 0.407 e. The van der Waals surface area contributed by atoms with E-state index in [4.69, 9.17) is 4.74 Å². The van der Waals surface area contributed by atoms with Crippen LogP contribution < -0.4 is 16.0 Å². The first-order chi connectivity index (χ1) is 12.4. The van der Waals surface area contributed by atoms with E-state index in [1.807, 2.05) is 41.5 Å². The van der Waals surface area contributed by atoms with Crippen LogP contribution in [0.1, 0.15) is 67.2 Å². The van der Waals surface area contributed by atoms with Crippen molar-refractivity contribution in [1.82, 2.24) is 16.0 Å². The van der Waals surface area contributed by atoms with Crippen LogP contribution in [0.25, 0.3) is 0 Å². The molecule has 1 saturated carbocycles. The summed E-state index contributed by atoms with van der Waals surface area (Å²) in [6.07, 6.45) is 3.37. The molecule has 3 N–H and O–H groups in total. The fraction of sp³-hybridized carbons (Fsp3) is 0.895.